The van der Waals surface area contributed by atoms with E-state index in [0.717, 1.165) is 46.1 Å². The van der Waals surface area contributed by atoms with E-state index in [1.54, 1.807) is 11.3 Å². The van der Waals surface area contributed by atoms with Gasteiger partial charge in [0.2, 0.25) is 0 Å². The zero-order chi connectivity index (χ0) is 14.8. The van der Waals surface area contributed by atoms with Crippen LogP contribution in [0.15, 0.2) is 28.1 Å². The zero-order valence-corrected chi connectivity index (χ0v) is 14.2. The predicted molar refractivity (Wildman–Crippen MR) is 91.2 cm³/mol. The Morgan fingerprint density at radius 1 is 1.52 bits per heavy atom. The van der Waals surface area contributed by atoms with Gasteiger partial charge in [-0.1, -0.05) is 15.9 Å². The fraction of sp³-hybridized carbons (Fsp3) is 0.400. The van der Waals surface area contributed by atoms with Crippen molar-refractivity contribution in [1.82, 2.24) is 4.98 Å². The molecule has 0 unspecified atom stereocenters. The number of aromatic nitrogens is 1. The normalized spacial score (nSPS) is 18.2. The van der Waals surface area contributed by atoms with Crippen LogP contribution < -0.4 is 10.2 Å². The molecule has 0 radical (unpaired) electrons. The van der Waals surface area contributed by atoms with Crippen molar-refractivity contribution in [1.29, 1.82) is 0 Å². The summed E-state index contributed by atoms with van der Waals surface area (Å²) in [5, 5.41) is 16.1. The van der Waals surface area contributed by atoms with Gasteiger partial charge in [-0.3, -0.25) is 0 Å². The highest BCUT2D eigenvalue weighted by Crippen LogP contribution is 2.29. The maximum absolute atomic E-state index is 9.54. The molecule has 1 saturated heterocycles. The molecule has 1 aromatic heterocycles. The monoisotopic (exact) mass is 367 g/mol. The van der Waals surface area contributed by atoms with E-state index < -0.39 is 0 Å². The Labute approximate surface area is 137 Å². The highest BCUT2D eigenvalue weighted by Gasteiger charge is 2.24. The van der Waals surface area contributed by atoms with Crippen molar-refractivity contribution in [2.75, 3.05) is 23.3 Å². The third kappa shape index (κ3) is 3.39. The summed E-state index contributed by atoms with van der Waals surface area (Å²) in [6.45, 7) is 4.01. The van der Waals surface area contributed by atoms with E-state index in [0.29, 0.717) is 6.04 Å². The van der Waals surface area contributed by atoms with Gasteiger partial charge in [-0.15, -0.1) is 11.3 Å². The van der Waals surface area contributed by atoms with Gasteiger partial charge in [-0.05, 0) is 31.5 Å². The van der Waals surface area contributed by atoms with Crippen LogP contribution in [0.2, 0.25) is 0 Å². The van der Waals surface area contributed by atoms with Gasteiger partial charge < -0.3 is 15.3 Å². The second-order valence-electron chi connectivity index (χ2n) is 5.30. The van der Waals surface area contributed by atoms with Crippen LogP contribution in [0.25, 0.3) is 0 Å². The number of nitrogens with zero attached hydrogens (tertiary/aromatic N) is 2. The number of aryl methyl sites for hydroxylation is 1. The van der Waals surface area contributed by atoms with Gasteiger partial charge in [0, 0.05) is 40.2 Å². The minimum Gasteiger partial charge on any atom is -0.392 e. The topological polar surface area (TPSA) is 48.4 Å². The van der Waals surface area contributed by atoms with Crippen LogP contribution in [-0.2, 0) is 6.61 Å². The summed E-state index contributed by atoms with van der Waals surface area (Å²) >= 11 is 5.11. The minimum absolute atomic E-state index is 0.0645. The van der Waals surface area contributed by atoms with Crippen molar-refractivity contribution in [2.24, 2.45) is 0 Å². The first kappa shape index (κ1) is 14.8. The van der Waals surface area contributed by atoms with Crippen molar-refractivity contribution in [3.8, 4) is 0 Å². The van der Waals surface area contributed by atoms with Crippen LogP contribution >= 0.6 is 27.3 Å². The summed E-state index contributed by atoms with van der Waals surface area (Å²) in [4.78, 5) is 6.79. The van der Waals surface area contributed by atoms with Gasteiger partial charge in [0.25, 0.3) is 0 Å². The SMILES string of the molecule is Cc1csc(N[C@H]2CCN(c3ccc(Br)cc3CO)C2)n1. The molecule has 1 atom stereocenters. The standard InChI is InChI=1S/C15H18BrN3OS/c1-10-9-21-15(17-10)18-13-4-5-19(7-13)14-3-2-12(16)6-11(14)8-20/h2-3,6,9,13,20H,4-5,7-8H2,1H3,(H,17,18)/t13-/m0/s1. The van der Waals surface area contributed by atoms with E-state index in [1.165, 1.54) is 0 Å². The predicted octanol–water partition coefficient (Wildman–Crippen LogP) is 3.40. The quantitative estimate of drug-likeness (QED) is 0.869. The smallest absolute Gasteiger partial charge is 0.183 e. The minimum atomic E-state index is 0.0645. The molecule has 21 heavy (non-hydrogen) atoms. The largest absolute Gasteiger partial charge is 0.392 e. The summed E-state index contributed by atoms with van der Waals surface area (Å²) < 4.78 is 1.00. The second-order valence-corrected chi connectivity index (χ2v) is 7.07. The molecule has 0 saturated carbocycles. The Balaban J connectivity index is 1.69. The van der Waals surface area contributed by atoms with Crippen molar-refractivity contribution < 1.29 is 5.11 Å². The molecule has 6 heteroatoms. The number of thiazole rings is 1. The first-order chi connectivity index (χ1) is 10.2. The van der Waals surface area contributed by atoms with Gasteiger partial charge in [-0.25, -0.2) is 4.98 Å². The summed E-state index contributed by atoms with van der Waals surface area (Å²) in [6, 6.07) is 6.50. The summed E-state index contributed by atoms with van der Waals surface area (Å²) in [6.07, 6.45) is 1.08. The number of rotatable bonds is 4. The fourth-order valence-electron chi connectivity index (χ4n) is 2.68. The summed E-state index contributed by atoms with van der Waals surface area (Å²) in [5.74, 6) is 0. The van der Waals surface area contributed by atoms with Crippen LogP contribution in [0.5, 0.6) is 0 Å². The Hall–Kier alpha value is -1.11. The van der Waals surface area contributed by atoms with E-state index in [1.807, 2.05) is 19.1 Å². The molecular formula is C15H18BrN3OS. The third-order valence-corrected chi connectivity index (χ3v) is 5.07. The zero-order valence-electron chi connectivity index (χ0n) is 11.8. The molecule has 0 aliphatic carbocycles. The van der Waals surface area contributed by atoms with E-state index in [4.69, 9.17) is 0 Å². The number of aliphatic hydroxyl groups is 1. The lowest BCUT2D eigenvalue weighted by molar-refractivity contribution is 0.282. The Kier molecular flexibility index (Phi) is 4.47. The number of benzene rings is 1. The Morgan fingerprint density at radius 2 is 2.38 bits per heavy atom. The van der Waals surface area contributed by atoms with Gasteiger partial charge in [0.1, 0.15) is 0 Å². The molecule has 4 nitrogen and oxygen atoms in total. The number of nitrogens with one attached hydrogen (secondary N) is 1. The van der Waals surface area contributed by atoms with Crippen molar-refractivity contribution >= 4 is 38.1 Å². The Bertz CT molecular complexity index is 631. The lowest BCUT2D eigenvalue weighted by Gasteiger charge is -2.22. The molecule has 2 heterocycles. The van der Waals surface area contributed by atoms with Crippen LogP contribution in [0.4, 0.5) is 10.8 Å². The van der Waals surface area contributed by atoms with Gasteiger partial charge >= 0.3 is 0 Å². The van der Waals surface area contributed by atoms with Crippen molar-refractivity contribution in [3.63, 3.8) is 0 Å². The van der Waals surface area contributed by atoms with Crippen LogP contribution in [-0.4, -0.2) is 29.2 Å². The lowest BCUT2D eigenvalue weighted by atomic mass is 10.1. The first-order valence-corrected chi connectivity index (χ1v) is 8.66. The molecule has 0 spiro atoms. The molecule has 0 amide bonds. The van der Waals surface area contributed by atoms with Gasteiger partial charge in [0.15, 0.2) is 5.13 Å². The van der Waals surface area contributed by atoms with Gasteiger partial charge in [0.05, 0.1) is 12.3 Å². The van der Waals surface area contributed by atoms with E-state index >= 15 is 0 Å². The second kappa shape index (κ2) is 6.34. The van der Waals surface area contributed by atoms with Crippen LogP contribution in [0, 0.1) is 6.92 Å². The maximum atomic E-state index is 9.54. The molecule has 1 aliphatic rings. The Morgan fingerprint density at radius 3 is 3.10 bits per heavy atom. The third-order valence-electron chi connectivity index (χ3n) is 3.69. The number of anilines is 2. The molecule has 1 aromatic carbocycles. The van der Waals surface area contributed by atoms with E-state index in [9.17, 15) is 5.11 Å². The summed E-state index contributed by atoms with van der Waals surface area (Å²) in [7, 11) is 0. The summed E-state index contributed by atoms with van der Waals surface area (Å²) in [5.41, 5.74) is 3.16. The van der Waals surface area contributed by atoms with Crippen LogP contribution in [0.3, 0.4) is 0 Å². The molecule has 3 rings (SSSR count). The molecule has 2 aromatic rings. The molecule has 1 fully saturated rings. The molecular weight excluding hydrogens is 350 g/mol. The maximum Gasteiger partial charge on any atom is 0.183 e. The highest BCUT2D eigenvalue weighted by atomic mass is 79.9. The van der Waals surface area contributed by atoms with E-state index in [2.05, 4.69) is 42.6 Å². The highest BCUT2D eigenvalue weighted by molar-refractivity contribution is 9.10. The van der Waals surface area contributed by atoms with Crippen LogP contribution in [0.1, 0.15) is 17.7 Å². The van der Waals surface area contributed by atoms with E-state index in [-0.39, 0.29) is 6.61 Å². The number of halogens is 1. The van der Waals surface area contributed by atoms with Crippen molar-refractivity contribution in [3.05, 3.63) is 39.3 Å². The van der Waals surface area contributed by atoms with Crippen molar-refractivity contribution in [2.45, 2.75) is 26.0 Å². The lowest BCUT2D eigenvalue weighted by Crippen LogP contribution is -2.26. The molecule has 112 valence electrons. The first-order valence-electron chi connectivity index (χ1n) is 6.98. The molecule has 2 N–H and O–H groups in total. The average molecular weight is 368 g/mol. The van der Waals surface area contributed by atoms with Gasteiger partial charge in [-0.2, -0.15) is 0 Å². The number of hydrogen-bond acceptors (Lipinski definition) is 5. The number of hydrogen-bond donors (Lipinski definition) is 2. The molecule has 0 bridgehead atoms. The average Bonchev–Trinajstić information content (AvgIpc) is 3.08. The molecule has 1 aliphatic heterocycles. The number of aliphatic hydroxyl groups excluding tert-OH is 1. The fourth-order valence-corrected chi connectivity index (χ4v) is 3.86.